The molecule has 0 saturated carbocycles. The number of hydrogen-bond acceptors (Lipinski definition) is 3. The molecule has 0 fully saturated rings. The summed E-state index contributed by atoms with van der Waals surface area (Å²) in [6.45, 7) is 2.28. The Morgan fingerprint density at radius 2 is 2.14 bits per heavy atom. The van der Waals surface area contributed by atoms with Crippen molar-refractivity contribution in [2.45, 2.75) is 13.0 Å². The van der Waals surface area contributed by atoms with Crippen molar-refractivity contribution in [3.63, 3.8) is 0 Å². The summed E-state index contributed by atoms with van der Waals surface area (Å²) in [5, 5.41) is 2.73. The summed E-state index contributed by atoms with van der Waals surface area (Å²) >= 11 is 5.75. The van der Waals surface area contributed by atoms with Crippen molar-refractivity contribution >= 4 is 34.8 Å². The zero-order valence-electron chi connectivity index (χ0n) is 14.9. The molecule has 1 N–H and O–H groups in total. The third-order valence-corrected chi connectivity index (χ3v) is 4.97. The Morgan fingerprint density at radius 1 is 1.32 bits per heavy atom. The van der Waals surface area contributed by atoms with E-state index >= 15 is 0 Å². The van der Waals surface area contributed by atoms with E-state index in [1.165, 1.54) is 23.2 Å². The molecule has 0 spiro atoms. The van der Waals surface area contributed by atoms with Crippen LogP contribution in [0.1, 0.15) is 33.8 Å². The van der Waals surface area contributed by atoms with E-state index in [1.807, 2.05) is 6.92 Å². The number of nitrogens with zero attached hydrogens (tertiary/aromatic N) is 3. The van der Waals surface area contributed by atoms with Gasteiger partial charge in [0.1, 0.15) is 11.5 Å². The van der Waals surface area contributed by atoms with E-state index in [0.717, 1.165) is 0 Å². The van der Waals surface area contributed by atoms with Gasteiger partial charge in [0.25, 0.3) is 11.8 Å². The lowest BCUT2D eigenvalue weighted by Gasteiger charge is -2.33. The van der Waals surface area contributed by atoms with Crippen molar-refractivity contribution in [1.29, 1.82) is 0 Å². The molecule has 1 aromatic carbocycles. The quantitative estimate of drug-likeness (QED) is 0.720. The Hall–Kier alpha value is -3.19. The first-order valence-corrected chi connectivity index (χ1v) is 9.02. The molecule has 3 aromatic rings. The van der Waals surface area contributed by atoms with Crippen LogP contribution < -0.4 is 10.2 Å². The smallest absolute Gasteiger partial charge is 0.275 e. The highest BCUT2D eigenvalue weighted by molar-refractivity contribution is 6.30. The fraction of sp³-hybridized carbons (Fsp3) is 0.150. The number of fused-ring (bicyclic) bond motifs is 1. The Bertz CT molecular complexity index is 1070. The molecule has 142 valence electrons. The molecule has 8 heteroatoms. The van der Waals surface area contributed by atoms with Crippen molar-refractivity contribution in [3.05, 3.63) is 77.1 Å². The Balaban J connectivity index is 1.69. The van der Waals surface area contributed by atoms with Gasteiger partial charge >= 0.3 is 0 Å². The van der Waals surface area contributed by atoms with Crippen LogP contribution in [0, 0.1) is 5.82 Å². The summed E-state index contributed by atoms with van der Waals surface area (Å²) in [4.78, 5) is 31.3. The molecule has 1 atom stereocenters. The summed E-state index contributed by atoms with van der Waals surface area (Å²) in [6.07, 6.45) is 4.84. The minimum Gasteiger partial charge on any atom is -0.338 e. The number of carbonyl (C=O) groups excluding carboxylic acids is 2. The van der Waals surface area contributed by atoms with Crippen molar-refractivity contribution < 1.29 is 14.0 Å². The number of hydrogen-bond donors (Lipinski definition) is 1. The Morgan fingerprint density at radius 3 is 2.86 bits per heavy atom. The molecule has 1 aliphatic heterocycles. The zero-order valence-corrected chi connectivity index (χ0v) is 15.7. The molecule has 2 aromatic heterocycles. The highest BCUT2D eigenvalue weighted by Gasteiger charge is 2.34. The molecule has 0 aliphatic carbocycles. The molecular formula is C20H16ClFN4O2. The normalized spacial score (nSPS) is 16.0. The average molecular weight is 399 g/mol. The topological polar surface area (TPSA) is 67.2 Å². The summed E-state index contributed by atoms with van der Waals surface area (Å²) < 4.78 is 15.7. The monoisotopic (exact) mass is 398 g/mol. The van der Waals surface area contributed by atoms with Crippen LogP contribution in [0.25, 0.3) is 0 Å². The summed E-state index contributed by atoms with van der Waals surface area (Å²) in [5.41, 5.74) is 1.43. The number of aromatic nitrogens is 2. The molecule has 2 amide bonds. The van der Waals surface area contributed by atoms with Crippen LogP contribution in [0.15, 0.2) is 55.0 Å². The minimum absolute atomic E-state index is 0.0128. The fourth-order valence-corrected chi connectivity index (χ4v) is 3.41. The lowest BCUT2D eigenvalue weighted by molar-refractivity contribution is 0.0942. The largest absolute Gasteiger partial charge is 0.338 e. The zero-order chi connectivity index (χ0) is 19.8. The maximum absolute atomic E-state index is 13.9. The van der Waals surface area contributed by atoms with E-state index in [2.05, 4.69) is 10.3 Å². The van der Waals surface area contributed by atoms with Crippen molar-refractivity contribution in [1.82, 2.24) is 9.55 Å². The molecule has 4 rings (SSSR count). The van der Waals surface area contributed by atoms with Gasteiger partial charge in [0.2, 0.25) is 0 Å². The third kappa shape index (κ3) is 3.14. The number of pyridine rings is 1. The van der Waals surface area contributed by atoms with Gasteiger partial charge in [-0.2, -0.15) is 0 Å². The number of halogens is 2. The number of amides is 2. The number of benzene rings is 1. The predicted molar refractivity (Wildman–Crippen MR) is 104 cm³/mol. The first-order valence-electron chi connectivity index (χ1n) is 8.65. The van der Waals surface area contributed by atoms with E-state index in [-0.39, 0.29) is 28.2 Å². The fourth-order valence-electron chi connectivity index (χ4n) is 3.30. The molecule has 0 saturated heterocycles. The van der Waals surface area contributed by atoms with Gasteiger partial charge < -0.3 is 14.8 Å². The third-order valence-electron chi connectivity index (χ3n) is 4.66. The Labute approximate surface area is 165 Å². The second kappa shape index (κ2) is 7.09. The van der Waals surface area contributed by atoms with Crippen LogP contribution in [0.5, 0.6) is 0 Å². The van der Waals surface area contributed by atoms with Crippen LogP contribution in [0.2, 0.25) is 5.02 Å². The van der Waals surface area contributed by atoms with E-state index in [0.29, 0.717) is 17.9 Å². The molecule has 0 unspecified atom stereocenters. The van der Waals surface area contributed by atoms with Crippen LogP contribution >= 0.6 is 11.6 Å². The maximum atomic E-state index is 13.9. The van der Waals surface area contributed by atoms with Gasteiger partial charge in [-0.1, -0.05) is 11.6 Å². The average Bonchev–Trinajstić information content (AvgIpc) is 3.14. The number of carbonyl (C=O) groups is 2. The van der Waals surface area contributed by atoms with E-state index in [1.54, 1.807) is 41.2 Å². The predicted octanol–water partition coefficient (Wildman–Crippen LogP) is 4.15. The van der Waals surface area contributed by atoms with Gasteiger partial charge in [-0.15, -0.1) is 0 Å². The van der Waals surface area contributed by atoms with Gasteiger partial charge in [0.15, 0.2) is 0 Å². The van der Waals surface area contributed by atoms with Gasteiger partial charge in [0, 0.05) is 30.7 Å². The minimum atomic E-state index is -0.602. The second-order valence-corrected chi connectivity index (χ2v) is 6.95. The van der Waals surface area contributed by atoms with E-state index < -0.39 is 11.7 Å². The lowest BCUT2D eigenvalue weighted by Crippen LogP contribution is -2.43. The van der Waals surface area contributed by atoms with Crippen molar-refractivity contribution in [2.24, 2.45) is 0 Å². The number of nitrogens with one attached hydrogen (secondary N) is 1. The molecule has 1 aliphatic rings. The standard InChI is InChI=1S/C20H16ClFN4O2/c1-12-11-26(14-4-5-16(21)17(22)9-14)20(28)18-15(6-8-25(12)18)19(27)24-13-3-2-7-23-10-13/h2-10,12H,11H2,1H3,(H,24,27)/t12-/m0/s1. The van der Waals surface area contributed by atoms with Crippen molar-refractivity contribution in [3.8, 4) is 0 Å². The van der Waals surface area contributed by atoms with Gasteiger partial charge in [0.05, 0.1) is 22.5 Å². The van der Waals surface area contributed by atoms with E-state index in [9.17, 15) is 14.0 Å². The van der Waals surface area contributed by atoms with Crippen molar-refractivity contribution in [2.75, 3.05) is 16.8 Å². The SMILES string of the molecule is C[C@H]1CN(c2ccc(Cl)c(F)c2)C(=O)c2c(C(=O)Nc3cccnc3)ccn21. The van der Waals surface area contributed by atoms with Crippen LogP contribution in [0.3, 0.4) is 0 Å². The van der Waals surface area contributed by atoms with Gasteiger partial charge in [-0.05, 0) is 43.3 Å². The molecule has 0 bridgehead atoms. The maximum Gasteiger partial charge on any atom is 0.275 e. The summed E-state index contributed by atoms with van der Waals surface area (Å²) in [7, 11) is 0. The number of anilines is 2. The molecule has 0 radical (unpaired) electrons. The number of rotatable bonds is 3. The Kier molecular flexibility index (Phi) is 4.60. The lowest BCUT2D eigenvalue weighted by atomic mass is 10.1. The van der Waals surface area contributed by atoms with Crippen LogP contribution in [-0.2, 0) is 0 Å². The molecule has 28 heavy (non-hydrogen) atoms. The highest BCUT2D eigenvalue weighted by Crippen LogP contribution is 2.31. The summed E-state index contributed by atoms with van der Waals surface area (Å²) in [5.74, 6) is -1.39. The first kappa shape index (κ1) is 18.2. The van der Waals surface area contributed by atoms with E-state index in [4.69, 9.17) is 11.6 Å². The summed E-state index contributed by atoms with van der Waals surface area (Å²) in [6, 6.07) is 9.15. The van der Waals surface area contributed by atoms with Crippen LogP contribution in [0.4, 0.5) is 15.8 Å². The molecule has 6 nitrogen and oxygen atoms in total. The van der Waals surface area contributed by atoms with Gasteiger partial charge in [-0.25, -0.2) is 4.39 Å². The van der Waals surface area contributed by atoms with Crippen LogP contribution in [-0.4, -0.2) is 27.9 Å². The highest BCUT2D eigenvalue weighted by atomic mass is 35.5. The first-order chi connectivity index (χ1) is 13.5. The molecular weight excluding hydrogens is 383 g/mol. The van der Waals surface area contributed by atoms with Gasteiger partial charge in [-0.3, -0.25) is 14.6 Å². The molecule has 3 heterocycles. The second-order valence-electron chi connectivity index (χ2n) is 6.54.